The molecule has 1 saturated carbocycles. The molecule has 11 heteroatoms. The molecule has 6 atom stereocenters. The fourth-order valence-corrected chi connectivity index (χ4v) is 10.2. The molecule has 0 saturated heterocycles. The molecular formula is C40H53ClN2O7S. The van der Waals surface area contributed by atoms with Crippen LogP contribution in [0, 0.1) is 17.8 Å². The third-order valence-corrected chi connectivity index (χ3v) is 13.4. The lowest BCUT2D eigenvalue weighted by atomic mass is 9.68. The smallest absolute Gasteiger partial charge is 0.303 e. The third kappa shape index (κ3) is 9.00. The zero-order chi connectivity index (χ0) is 36.8. The number of allylic oxidation sites excluding steroid dienone is 1. The molecule has 1 spiro atoms. The molecule has 0 unspecified atom stereocenters. The molecule has 1 aliphatic heterocycles. The van der Waals surface area contributed by atoms with Gasteiger partial charge in [0.05, 0.1) is 17.5 Å². The summed E-state index contributed by atoms with van der Waals surface area (Å²) in [5, 5.41) is -0.104. The van der Waals surface area contributed by atoms with Crippen molar-refractivity contribution in [3.8, 4) is 5.75 Å². The zero-order valence-corrected chi connectivity index (χ0v) is 31.8. The van der Waals surface area contributed by atoms with Gasteiger partial charge in [0.2, 0.25) is 10.0 Å². The SMILES string of the molecule is C=CC[C@H](C)[C@@H](CCOC)S(=O)(=O)NC(=O)c1ccc2c(c1)N(CCC[C@@H]1CC[C@H]1[C@H](C=C)OC(C)=O)C[C@@]1(CCCc3cc(Cl)ccc31)CO2. The summed E-state index contributed by atoms with van der Waals surface area (Å²) in [6.07, 6.45) is 10.7. The van der Waals surface area contributed by atoms with E-state index in [1.54, 1.807) is 30.4 Å². The van der Waals surface area contributed by atoms with Crippen LogP contribution in [0.1, 0.15) is 86.7 Å². The van der Waals surface area contributed by atoms with Crippen molar-refractivity contribution in [1.82, 2.24) is 4.72 Å². The minimum atomic E-state index is -4.03. The topological polar surface area (TPSA) is 111 Å². The van der Waals surface area contributed by atoms with Gasteiger partial charge in [0.15, 0.2) is 0 Å². The van der Waals surface area contributed by atoms with Gasteiger partial charge in [0.1, 0.15) is 11.9 Å². The van der Waals surface area contributed by atoms with Crippen LogP contribution in [0.5, 0.6) is 5.75 Å². The Labute approximate surface area is 308 Å². The van der Waals surface area contributed by atoms with Crippen molar-refractivity contribution in [2.75, 3.05) is 38.3 Å². The minimum Gasteiger partial charge on any atom is -0.490 e. The van der Waals surface area contributed by atoms with Crippen LogP contribution in [0.3, 0.4) is 0 Å². The number of nitrogens with one attached hydrogen (secondary N) is 1. The van der Waals surface area contributed by atoms with Gasteiger partial charge in [-0.15, -0.1) is 6.58 Å². The Bertz CT molecular complexity index is 1700. The molecule has 0 aromatic heterocycles. The van der Waals surface area contributed by atoms with Gasteiger partial charge in [-0.1, -0.05) is 43.3 Å². The maximum atomic E-state index is 13.7. The summed E-state index contributed by atoms with van der Waals surface area (Å²) in [5.41, 5.74) is 3.20. The number of sulfonamides is 1. The fourth-order valence-electron chi connectivity index (χ4n) is 8.38. The number of carbonyl (C=O) groups is 2. The van der Waals surface area contributed by atoms with Crippen molar-refractivity contribution in [3.05, 3.63) is 83.4 Å². The molecule has 2 aromatic carbocycles. The summed E-state index contributed by atoms with van der Waals surface area (Å²) < 4.78 is 46.9. The maximum absolute atomic E-state index is 13.7. The second-order valence-corrected chi connectivity index (χ2v) is 16.9. The van der Waals surface area contributed by atoms with Gasteiger partial charge in [-0.05, 0) is 111 Å². The van der Waals surface area contributed by atoms with Gasteiger partial charge in [0, 0.05) is 55.6 Å². The molecule has 5 rings (SSSR count). The summed E-state index contributed by atoms with van der Waals surface area (Å²) in [5.74, 6) is 0.101. The molecule has 1 heterocycles. The number of halogens is 1. The monoisotopic (exact) mass is 740 g/mol. The standard InChI is InChI=1S/C40H53ClN2O7S/c1-6-10-27(3)38(19-22-48-5)51(46,47)42-39(45)31-14-18-37-35(24-31)43(21-9-12-29-13-16-33(29)36(7-2)50-28(4)44)25-40(26-49-37)20-8-11-30-23-32(41)15-17-34(30)40/h6-7,14-15,17-18,23-24,27,29,33,36,38H,1-2,8-13,16,19-22,25-26H2,3-5H3,(H,42,45)/t27-,29+,33+,36-,38+,40-/m0/s1. The Morgan fingerprint density at radius 3 is 2.69 bits per heavy atom. The Morgan fingerprint density at radius 1 is 1.20 bits per heavy atom. The highest BCUT2D eigenvalue weighted by molar-refractivity contribution is 7.90. The molecule has 2 aliphatic carbocycles. The summed E-state index contributed by atoms with van der Waals surface area (Å²) in [4.78, 5) is 27.7. The van der Waals surface area contributed by atoms with Crippen LogP contribution in [0.15, 0.2) is 61.7 Å². The van der Waals surface area contributed by atoms with E-state index in [2.05, 4.69) is 34.9 Å². The Hall–Kier alpha value is -3.34. The quantitative estimate of drug-likeness (QED) is 0.140. The van der Waals surface area contributed by atoms with Crippen molar-refractivity contribution < 1.29 is 32.2 Å². The van der Waals surface area contributed by atoms with E-state index in [4.69, 9.17) is 25.8 Å². The van der Waals surface area contributed by atoms with E-state index >= 15 is 0 Å². The number of anilines is 1. The highest BCUT2D eigenvalue weighted by Crippen LogP contribution is 2.46. The van der Waals surface area contributed by atoms with Crippen LogP contribution < -0.4 is 14.4 Å². The van der Waals surface area contributed by atoms with E-state index in [-0.39, 0.29) is 47.9 Å². The molecule has 51 heavy (non-hydrogen) atoms. The van der Waals surface area contributed by atoms with Crippen LogP contribution in [0.4, 0.5) is 5.69 Å². The lowest BCUT2D eigenvalue weighted by Crippen LogP contribution is -2.46. The van der Waals surface area contributed by atoms with Gasteiger partial charge in [-0.25, -0.2) is 13.1 Å². The normalized spacial score (nSPS) is 22.9. The molecule has 1 N–H and O–H groups in total. The van der Waals surface area contributed by atoms with Crippen molar-refractivity contribution in [1.29, 1.82) is 0 Å². The molecule has 2 aromatic rings. The number of esters is 1. The van der Waals surface area contributed by atoms with E-state index in [1.807, 2.05) is 13.0 Å². The first kappa shape index (κ1) is 38.9. The highest BCUT2D eigenvalue weighted by atomic mass is 35.5. The number of methoxy groups -OCH3 is 1. The predicted molar refractivity (Wildman–Crippen MR) is 202 cm³/mol. The summed E-state index contributed by atoms with van der Waals surface area (Å²) in [6, 6.07) is 11.3. The number of amides is 1. The van der Waals surface area contributed by atoms with E-state index < -0.39 is 21.2 Å². The number of carbonyl (C=O) groups excluding carboxylic acids is 2. The second kappa shape index (κ2) is 17.0. The van der Waals surface area contributed by atoms with Crippen molar-refractivity contribution in [2.45, 2.75) is 88.4 Å². The first-order chi connectivity index (χ1) is 24.4. The summed E-state index contributed by atoms with van der Waals surface area (Å²) in [7, 11) is -2.50. The van der Waals surface area contributed by atoms with Gasteiger partial charge in [-0.3, -0.25) is 9.59 Å². The molecule has 1 fully saturated rings. The predicted octanol–water partition coefficient (Wildman–Crippen LogP) is 7.41. The Kier molecular flexibility index (Phi) is 13.0. The minimum absolute atomic E-state index is 0.244. The number of hydrogen-bond donors (Lipinski definition) is 1. The summed E-state index contributed by atoms with van der Waals surface area (Å²) >= 11 is 6.43. The van der Waals surface area contributed by atoms with Crippen molar-refractivity contribution in [3.63, 3.8) is 0 Å². The number of benzene rings is 2. The molecule has 1 amide bonds. The van der Waals surface area contributed by atoms with Gasteiger partial charge in [-0.2, -0.15) is 0 Å². The number of fused-ring (bicyclic) bond motifs is 3. The van der Waals surface area contributed by atoms with Gasteiger partial charge < -0.3 is 19.1 Å². The molecule has 0 bridgehead atoms. The second-order valence-electron chi connectivity index (χ2n) is 14.6. The van der Waals surface area contributed by atoms with E-state index in [9.17, 15) is 18.0 Å². The number of aryl methyl sites for hydroxylation is 1. The molecule has 278 valence electrons. The molecule has 3 aliphatic rings. The number of ether oxygens (including phenoxy) is 3. The number of hydrogen-bond acceptors (Lipinski definition) is 8. The lowest BCUT2D eigenvalue weighted by molar-refractivity contribution is -0.149. The first-order valence-corrected chi connectivity index (χ1v) is 20.1. The molecule has 0 radical (unpaired) electrons. The average Bonchev–Trinajstić information content (AvgIpc) is 3.22. The summed E-state index contributed by atoms with van der Waals surface area (Å²) in [6.45, 7) is 13.1. The maximum Gasteiger partial charge on any atom is 0.303 e. The van der Waals surface area contributed by atoms with Gasteiger partial charge in [0.25, 0.3) is 5.91 Å². The van der Waals surface area contributed by atoms with E-state index in [0.717, 1.165) is 55.7 Å². The van der Waals surface area contributed by atoms with Crippen molar-refractivity contribution >= 4 is 39.2 Å². The van der Waals surface area contributed by atoms with Crippen LogP contribution >= 0.6 is 11.6 Å². The van der Waals surface area contributed by atoms with Gasteiger partial charge >= 0.3 is 5.97 Å². The fraction of sp³-hybridized carbons (Fsp3) is 0.550. The van der Waals surface area contributed by atoms with E-state index in [0.29, 0.717) is 37.8 Å². The average molecular weight is 741 g/mol. The molecule has 9 nitrogen and oxygen atoms in total. The third-order valence-electron chi connectivity index (χ3n) is 11.1. The number of rotatable bonds is 16. The number of nitrogens with zero attached hydrogens (tertiary/aromatic N) is 1. The zero-order valence-electron chi connectivity index (χ0n) is 30.2. The first-order valence-electron chi connectivity index (χ1n) is 18.2. The molecular weight excluding hydrogens is 688 g/mol. The van der Waals surface area contributed by atoms with Crippen LogP contribution in [0.2, 0.25) is 5.02 Å². The van der Waals surface area contributed by atoms with Crippen molar-refractivity contribution in [2.24, 2.45) is 17.8 Å². The highest BCUT2D eigenvalue weighted by Gasteiger charge is 2.42. The lowest BCUT2D eigenvalue weighted by Gasteiger charge is -2.42. The van der Waals surface area contributed by atoms with Crippen LogP contribution in [-0.2, 0) is 36.1 Å². The Morgan fingerprint density at radius 2 is 2.00 bits per heavy atom. The largest absolute Gasteiger partial charge is 0.490 e. The van der Waals surface area contributed by atoms with Crippen LogP contribution in [0.25, 0.3) is 0 Å². The van der Waals surface area contributed by atoms with Crippen LogP contribution in [-0.4, -0.2) is 65.1 Å². The van der Waals surface area contributed by atoms with E-state index in [1.165, 1.54) is 25.2 Å². The Balaban J connectivity index is 1.41.